The molecule has 0 aliphatic heterocycles. The summed E-state index contributed by atoms with van der Waals surface area (Å²) in [7, 11) is 0. The van der Waals surface area contributed by atoms with E-state index in [1.54, 1.807) is 0 Å². The van der Waals surface area contributed by atoms with E-state index < -0.39 is 23.4 Å². The van der Waals surface area contributed by atoms with Crippen molar-refractivity contribution in [2.45, 2.75) is 38.1 Å². The second-order valence-electron chi connectivity index (χ2n) is 7.01. The van der Waals surface area contributed by atoms with Gasteiger partial charge in [-0.2, -0.15) is 0 Å². The monoisotopic (exact) mass is 367 g/mol. The lowest BCUT2D eigenvalue weighted by Gasteiger charge is -2.30. The van der Waals surface area contributed by atoms with Gasteiger partial charge in [0.05, 0.1) is 0 Å². The van der Waals surface area contributed by atoms with Gasteiger partial charge >= 0.3 is 11.9 Å². The number of nitrogens with two attached hydrogens (primary N) is 1. The molecule has 2 aromatic carbocycles. The van der Waals surface area contributed by atoms with Crippen LogP contribution in [-0.2, 0) is 14.3 Å². The molecule has 0 amide bonds. The summed E-state index contributed by atoms with van der Waals surface area (Å²) in [6.45, 7) is 3.73. The summed E-state index contributed by atoms with van der Waals surface area (Å²) in [5.41, 5.74) is 8.41. The molecule has 0 fully saturated rings. The first-order valence-electron chi connectivity index (χ1n) is 9.32. The Morgan fingerprint density at radius 1 is 1.04 bits per heavy atom. The zero-order valence-corrected chi connectivity index (χ0v) is 15.6. The summed E-state index contributed by atoms with van der Waals surface area (Å²) in [6.07, 6.45) is 0.979. The second kappa shape index (κ2) is 7.53. The van der Waals surface area contributed by atoms with Crippen molar-refractivity contribution in [2.24, 2.45) is 11.7 Å². The third-order valence-corrected chi connectivity index (χ3v) is 5.66. The molecule has 27 heavy (non-hydrogen) atoms. The van der Waals surface area contributed by atoms with Gasteiger partial charge in [0, 0.05) is 5.92 Å². The van der Waals surface area contributed by atoms with Crippen molar-refractivity contribution in [2.75, 3.05) is 6.61 Å². The molecule has 0 bridgehead atoms. The smallest absolute Gasteiger partial charge is 0.338 e. The van der Waals surface area contributed by atoms with Crippen molar-refractivity contribution in [3.8, 4) is 11.1 Å². The minimum absolute atomic E-state index is 0.0687. The predicted octanol–water partition coefficient (Wildman–Crippen LogP) is 3.56. The van der Waals surface area contributed by atoms with E-state index in [1.165, 1.54) is 0 Å². The van der Waals surface area contributed by atoms with Crippen LogP contribution < -0.4 is 5.73 Å². The van der Waals surface area contributed by atoms with Crippen molar-refractivity contribution in [1.82, 2.24) is 0 Å². The van der Waals surface area contributed by atoms with Crippen LogP contribution in [-0.4, -0.2) is 29.2 Å². The first-order valence-corrected chi connectivity index (χ1v) is 9.32. The van der Waals surface area contributed by atoms with Crippen LogP contribution in [0.25, 0.3) is 11.1 Å². The Morgan fingerprint density at radius 2 is 1.52 bits per heavy atom. The molecule has 3 N–H and O–H groups in total. The summed E-state index contributed by atoms with van der Waals surface area (Å²) >= 11 is 0. The minimum Gasteiger partial charge on any atom is -0.479 e. The normalized spacial score (nSPS) is 15.1. The molecule has 0 radical (unpaired) electrons. The number of carbonyl (C=O) groups is 2. The number of rotatable bonds is 7. The lowest BCUT2D eigenvalue weighted by atomic mass is 9.81. The number of carboxylic acid groups (broad SMARTS) is 1. The van der Waals surface area contributed by atoms with Gasteiger partial charge in [0.1, 0.15) is 6.61 Å². The van der Waals surface area contributed by atoms with Crippen molar-refractivity contribution < 1.29 is 19.4 Å². The number of benzene rings is 2. The SMILES string of the molecule is CCC(CC)[C@@](N)(C(=O)O)C(=O)OCC1c2ccccc2-c2ccccc21. The van der Waals surface area contributed by atoms with Gasteiger partial charge in [-0.1, -0.05) is 75.2 Å². The van der Waals surface area contributed by atoms with Gasteiger partial charge in [-0.3, -0.25) is 0 Å². The van der Waals surface area contributed by atoms with Gasteiger partial charge in [0.2, 0.25) is 5.54 Å². The number of esters is 1. The molecule has 5 nitrogen and oxygen atoms in total. The maximum absolute atomic E-state index is 12.7. The Bertz CT molecular complexity index is 813. The molecule has 0 unspecified atom stereocenters. The van der Waals surface area contributed by atoms with Crippen molar-refractivity contribution in [3.05, 3.63) is 59.7 Å². The topological polar surface area (TPSA) is 89.6 Å². The molecule has 142 valence electrons. The van der Waals surface area contributed by atoms with E-state index in [9.17, 15) is 14.7 Å². The maximum Gasteiger partial charge on any atom is 0.338 e. The van der Waals surface area contributed by atoms with Crippen LogP contribution in [0.1, 0.15) is 43.7 Å². The summed E-state index contributed by atoms with van der Waals surface area (Å²) in [4.78, 5) is 24.5. The molecule has 1 aliphatic rings. The van der Waals surface area contributed by atoms with Crippen LogP contribution in [0.2, 0.25) is 0 Å². The molecule has 1 atom stereocenters. The van der Waals surface area contributed by atoms with Gasteiger partial charge in [-0.05, 0) is 28.2 Å². The Labute approximate surface area is 159 Å². The molecular weight excluding hydrogens is 342 g/mol. The average Bonchev–Trinajstić information content (AvgIpc) is 3.00. The van der Waals surface area contributed by atoms with Gasteiger partial charge in [0.15, 0.2) is 0 Å². The van der Waals surface area contributed by atoms with Crippen LogP contribution in [0.5, 0.6) is 0 Å². The molecular formula is C22H25NO4. The molecule has 0 aromatic heterocycles. The fourth-order valence-corrected chi connectivity index (χ4v) is 4.08. The van der Waals surface area contributed by atoms with E-state index >= 15 is 0 Å². The number of ether oxygens (including phenoxy) is 1. The Balaban J connectivity index is 1.86. The molecule has 0 saturated carbocycles. The van der Waals surface area contributed by atoms with Gasteiger partial charge in [-0.25, -0.2) is 9.59 Å². The molecule has 0 spiro atoms. The third-order valence-electron chi connectivity index (χ3n) is 5.66. The molecule has 1 aliphatic carbocycles. The Kier molecular flexibility index (Phi) is 5.33. The fourth-order valence-electron chi connectivity index (χ4n) is 4.08. The standard InChI is InChI=1S/C22H25NO4/c1-3-14(4-2)22(23,20(24)25)21(26)27-13-19-17-11-7-5-9-15(17)16-10-6-8-12-18(16)19/h5-12,14,19H,3-4,13,23H2,1-2H3,(H,24,25)/t22-/m1/s1. The highest BCUT2D eigenvalue weighted by molar-refractivity contribution is 6.04. The van der Waals surface area contributed by atoms with Gasteiger partial charge in [0.25, 0.3) is 0 Å². The zero-order chi connectivity index (χ0) is 19.6. The van der Waals surface area contributed by atoms with Crippen molar-refractivity contribution in [3.63, 3.8) is 0 Å². The lowest BCUT2D eigenvalue weighted by molar-refractivity contribution is -0.164. The lowest BCUT2D eigenvalue weighted by Crippen LogP contribution is -2.61. The van der Waals surface area contributed by atoms with Crippen LogP contribution in [0, 0.1) is 5.92 Å². The van der Waals surface area contributed by atoms with Crippen molar-refractivity contribution >= 4 is 11.9 Å². The number of aliphatic carboxylic acids is 1. The van der Waals surface area contributed by atoms with E-state index in [1.807, 2.05) is 62.4 Å². The molecule has 5 heteroatoms. The van der Waals surface area contributed by atoms with Crippen molar-refractivity contribution in [1.29, 1.82) is 0 Å². The summed E-state index contributed by atoms with van der Waals surface area (Å²) in [5.74, 6) is -2.81. The molecule has 3 rings (SSSR count). The average molecular weight is 367 g/mol. The predicted molar refractivity (Wildman–Crippen MR) is 103 cm³/mol. The largest absolute Gasteiger partial charge is 0.479 e. The van der Waals surface area contributed by atoms with Gasteiger partial charge < -0.3 is 15.6 Å². The maximum atomic E-state index is 12.7. The van der Waals surface area contributed by atoms with E-state index in [0.717, 1.165) is 22.3 Å². The number of carbonyl (C=O) groups excluding carboxylic acids is 1. The summed E-state index contributed by atoms with van der Waals surface area (Å²) < 4.78 is 5.51. The summed E-state index contributed by atoms with van der Waals surface area (Å²) in [5, 5.41) is 9.62. The highest BCUT2D eigenvalue weighted by Crippen LogP contribution is 2.44. The number of carboxylic acids is 1. The van der Waals surface area contributed by atoms with Crippen LogP contribution in [0.4, 0.5) is 0 Å². The molecule has 0 heterocycles. The Morgan fingerprint density at radius 3 is 1.96 bits per heavy atom. The quantitative estimate of drug-likeness (QED) is 0.577. The van der Waals surface area contributed by atoms with E-state index in [2.05, 4.69) is 0 Å². The number of fused-ring (bicyclic) bond motifs is 3. The van der Waals surface area contributed by atoms with E-state index in [4.69, 9.17) is 10.5 Å². The van der Waals surface area contributed by atoms with E-state index in [-0.39, 0.29) is 12.5 Å². The van der Waals surface area contributed by atoms with Crippen LogP contribution in [0.15, 0.2) is 48.5 Å². The molecule has 2 aromatic rings. The second-order valence-corrected chi connectivity index (χ2v) is 7.01. The van der Waals surface area contributed by atoms with Crippen LogP contribution in [0.3, 0.4) is 0 Å². The van der Waals surface area contributed by atoms with E-state index in [0.29, 0.717) is 12.8 Å². The van der Waals surface area contributed by atoms with Crippen LogP contribution >= 0.6 is 0 Å². The first kappa shape index (κ1) is 19.1. The minimum atomic E-state index is -2.03. The number of hydrogen-bond acceptors (Lipinski definition) is 4. The fraction of sp³-hybridized carbons (Fsp3) is 0.364. The number of hydrogen-bond donors (Lipinski definition) is 2. The molecule has 0 saturated heterocycles. The first-order chi connectivity index (χ1) is 12.9. The van der Waals surface area contributed by atoms with Gasteiger partial charge in [-0.15, -0.1) is 0 Å². The summed E-state index contributed by atoms with van der Waals surface area (Å²) in [6, 6.07) is 16.0. The third kappa shape index (κ3) is 3.12. The zero-order valence-electron chi connectivity index (χ0n) is 15.6. The highest BCUT2D eigenvalue weighted by atomic mass is 16.5. The Hall–Kier alpha value is -2.66. The highest BCUT2D eigenvalue weighted by Gasteiger charge is 2.49.